The summed E-state index contributed by atoms with van der Waals surface area (Å²) in [5, 5.41) is 14.2. The van der Waals surface area contributed by atoms with E-state index in [9.17, 15) is 14.4 Å². The van der Waals surface area contributed by atoms with Gasteiger partial charge in [0.1, 0.15) is 12.6 Å². The number of rotatable bonds is 9. The molecule has 0 aromatic heterocycles. The number of hydrogen-bond acceptors (Lipinski definition) is 4. The molecular formula is C26H30N2O5. The van der Waals surface area contributed by atoms with E-state index in [1.54, 1.807) is 6.92 Å². The number of carboxylic acid groups (broad SMARTS) is 1. The second kappa shape index (κ2) is 10.8. The van der Waals surface area contributed by atoms with Crippen LogP contribution < -0.4 is 10.6 Å². The average molecular weight is 451 g/mol. The first kappa shape index (κ1) is 24.0. The second-order valence-corrected chi connectivity index (χ2v) is 8.55. The second-order valence-electron chi connectivity index (χ2n) is 8.55. The fraction of sp³-hybridized carbons (Fsp3) is 0.346. The summed E-state index contributed by atoms with van der Waals surface area (Å²) in [5.41, 5.74) is 5.48. The highest BCUT2D eigenvalue weighted by molar-refractivity contribution is 5.86. The summed E-state index contributed by atoms with van der Waals surface area (Å²) in [6, 6.07) is 14.7. The van der Waals surface area contributed by atoms with Gasteiger partial charge in [-0.3, -0.25) is 9.59 Å². The van der Waals surface area contributed by atoms with Gasteiger partial charge in [-0.05, 0) is 49.4 Å². The smallest absolute Gasteiger partial charge is 0.407 e. The maximum Gasteiger partial charge on any atom is 0.407 e. The van der Waals surface area contributed by atoms with Crippen molar-refractivity contribution >= 4 is 18.0 Å². The maximum absolute atomic E-state index is 12.7. The van der Waals surface area contributed by atoms with E-state index < -0.39 is 30.1 Å². The van der Waals surface area contributed by atoms with Crippen molar-refractivity contribution in [2.24, 2.45) is 0 Å². The molecule has 0 heterocycles. The minimum atomic E-state index is -1.01. The number of hydrogen-bond donors (Lipinski definition) is 3. The predicted molar refractivity (Wildman–Crippen MR) is 126 cm³/mol. The van der Waals surface area contributed by atoms with E-state index in [2.05, 4.69) is 22.8 Å². The van der Waals surface area contributed by atoms with Gasteiger partial charge in [0.2, 0.25) is 5.91 Å². The molecule has 0 spiro atoms. The molecule has 1 aliphatic carbocycles. The van der Waals surface area contributed by atoms with Crippen LogP contribution in [0.4, 0.5) is 4.79 Å². The van der Waals surface area contributed by atoms with Crippen LogP contribution in [0.3, 0.4) is 0 Å². The van der Waals surface area contributed by atoms with Gasteiger partial charge in [-0.1, -0.05) is 60.2 Å². The van der Waals surface area contributed by atoms with E-state index in [1.165, 1.54) is 0 Å². The molecule has 3 N–H and O–H groups in total. The molecule has 0 saturated heterocycles. The van der Waals surface area contributed by atoms with E-state index in [4.69, 9.17) is 9.84 Å². The zero-order valence-electron chi connectivity index (χ0n) is 19.1. The number of ether oxygens (including phenoxy) is 1. The number of carbonyl (C=O) groups is 3. The van der Waals surface area contributed by atoms with E-state index >= 15 is 0 Å². The van der Waals surface area contributed by atoms with Gasteiger partial charge in [0, 0.05) is 12.0 Å². The Morgan fingerprint density at radius 1 is 1.00 bits per heavy atom. The third-order valence-electron chi connectivity index (χ3n) is 5.58. The number of aliphatic carboxylic acids is 1. The molecule has 2 aromatic carbocycles. The first-order valence-corrected chi connectivity index (χ1v) is 11.0. The average Bonchev–Trinajstić information content (AvgIpc) is 3.08. The lowest BCUT2D eigenvalue weighted by Crippen LogP contribution is -2.49. The van der Waals surface area contributed by atoms with Crippen LogP contribution in [0, 0.1) is 0 Å². The molecule has 2 unspecified atom stereocenters. The summed E-state index contributed by atoms with van der Waals surface area (Å²) in [7, 11) is 0. The summed E-state index contributed by atoms with van der Waals surface area (Å²) in [4.78, 5) is 36.2. The standard InChI is InChI=1S/C26H30N2O5/c1-16(2)12-13-23(25(31)27-17(3)14-24(29)30)28-26(32)33-15-22-20-10-6-4-8-18(20)19-9-5-7-11-21(19)22/h4-12,17,22-23H,13-15H2,1-3H3,(H,27,31)(H,28,32)(H,29,30). The van der Waals surface area contributed by atoms with E-state index in [0.29, 0.717) is 0 Å². The van der Waals surface area contributed by atoms with Crippen LogP contribution in [0.15, 0.2) is 60.2 Å². The van der Waals surface area contributed by atoms with Gasteiger partial charge in [-0.2, -0.15) is 0 Å². The molecule has 3 rings (SSSR count). The maximum atomic E-state index is 12.7. The van der Waals surface area contributed by atoms with Crippen LogP contribution >= 0.6 is 0 Å². The van der Waals surface area contributed by atoms with E-state index in [1.807, 2.05) is 56.3 Å². The third kappa shape index (κ3) is 6.22. The Morgan fingerprint density at radius 2 is 1.58 bits per heavy atom. The van der Waals surface area contributed by atoms with Crippen LogP contribution in [0.25, 0.3) is 11.1 Å². The van der Waals surface area contributed by atoms with Gasteiger partial charge < -0.3 is 20.5 Å². The molecule has 7 nitrogen and oxygen atoms in total. The SMILES string of the molecule is CC(C)=CCC(NC(=O)OCC1c2ccccc2-c2ccccc21)C(=O)NC(C)CC(=O)O. The molecule has 0 radical (unpaired) electrons. The van der Waals surface area contributed by atoms with E-state index in [0.717, 1.165) is 27.8 Å². The number of carboxylic acids is 1. The quantitative estimate of drug-likeness (QED) is 0.496. The van der Waals surface area contributed by atoms with Gasteiger partial charge in [-0.15, -0.1) is 0 Å². The number of nitrogens with one attached hydrogen (secondary N) is 2. The van der Waals surface area contributed by atoms with Gasteiger partial charge in [-0.25, -0.2) is 4.79 Å². The number of carbonyl (C=O) groups excluding carboxylic acids is 2. The predicted octanol–water partition coefficient (Wildman–Crippen LogP) is 4.23. The molecule has 2 aromatic rings. The van der Waals surface area contributed by atoms with Crippen molar-refractivity contribution in [1.82, 2.24) is 10.6 Å². The zero-order chi connectivity index (χ0) is 24.0. The Balaban J connectivity index is 1.66. The van der Waals surface area contributed by atoms with E-state index in [-0.39, 0.29) is 25.4 Å². The van der Waals surface area contributed by atoms with Crippen molar-refractivity contribution in [1.29, 1.82) is 0 Å². The minimum Gasteiger partial charge on any atom is -0.481 e. The Kier molecular flexibility index (Phi) is 7.87. The Hall–Kier alpha value is -3.61. The summed E-state index contributed by atoms with van der Waals surface area (Å²) in [6.45, 7) is 5.55. The fourth-order valence-corrected chi connectivity index (χ4v) is 4.02. The highest BCUT2D eigenvalue weighted by Gasteiger charge is 2.30. The van der Waals surface area contributed by atoms with Crippen LogP contribution in [0.2, 0.25) is 0 Å². The molecule has 2 amide bonds. The summed E-state index contributed by atoms with van der Waals surface area (Å²) in [6.07, 6.45) is 1.23. The molecule has 0 saturated carbocycles. The van der Waals surface area contributed by atoms with Gasteiger partial charge >= 0.3 is 12.1 Å². The van der Waals surface area contributed by atoms with Crippen molar-refractivity contribution in [2.45, 2.75) is 51.6 Å². The topological polar surface area (TPSA) is 105 Å². The van der Waals surface area contributed by atoms with Crippen molar-refractivity contribution in [3.8, 4) is 11.1 Å². The molecule has 0 fully saturated rings. The lowest BCUT2D eigenvalue weighted by molar-refractivity contribution is -0.137. The Bertz CT molecular complexity index is 1010. The van der Waals surface area contributed by atoms with Crippen molar-refractivity contribution < 1.29 is 24.2 Å². The molecule has 7 heteroatoms. The first-order valence-electron chi connectivity index (χ1n) is 11.0. The molecule has 174 valence electrons. The molecule has 33 heavy (non-hydrogen) atoms. The number of fused-ring (bicyclic) bond motifs is 3. The molecule has 2 atom stereocenters. The van der Waals surface area contributed by atoms with Crippen LogP contribution in [-0.2, 0) is 14.3 Å². The third-order valence-corrected chi connectivity index (χ3v) is 5.58. The largest absolute Gasteiger partial charge is 0.481 e. The summed E-state index contributed by atoms with van der Waals surface area (Å²) < 4.78 is 5.55. The molecule has 1 aliphatic rings. The van der Waals surface area contributed by atoms with Gasteiger partial charge in [0.25, 0.3) is 0 Å². The minimum absolute atomic E-state index is 0.0798. The normalized spacial score (nSPS) is 13.8. The van der Waals surface area contributed by atoms with Crippen molar-refractivity contribution in [2.75, 3.05) is 6.61 Å². The Morgan fingerprint density at radius 3 is 2.12 bits per heavy atom. The highest BCUT2D eigenvalue weighted by Crippen LogP contribution is 2.44. The van der Waals surface area contributed by atoms with Gasteiger partial charge in [0.05, 0.1) is 6.42 Å². The first-order chi connectivity index (χ1) is 15.8. The zero-order valence-corrected chi connectivity index (χ0v) is 19.1. The van der Waals surface area contributed by atoms with Crippen LogP contribution in [0.1, 0.15) is 50.7 Å². The molecule has 0 bridgehead atoms. The van der Waals surface area contributed by atoms with Gasteiger partial charge in [0.15, 0.2) is 0 Å². The highest BCUT2D eigenvalue weighted by atomic mass is 16.5. The lowest BCUT2D eigenvalue weighted by Gasteiger charge is -2.21. The lowest BCUT2D eigenvalue weighted by atomic mass is 9.98. The number of alkyl carbamates (subject to hydrolysis) is 1. The monoisotopic (exact) mass is 450 g/mol. The van der Waals surface area contributed by atoms with Crippen molar-refractivity contribution in [3.63, 3.8) is 0 Å². The molecule has 0 aliphatic heterocycles. The Labute approximate surface area is 193 Å². The fourth-order valence-electron chi connectivity index (χ4n) is 4.02. The number of amides is 2. The van der Waals surface area contributed by atoms with Crippen LogP contribution in [-0.4, -0.2) is 41.8 Å². The molecular weight excluding hydrogens is 420 g/mol. The number of benzene rings is 2. The van der Waals surface area contributed by atoms with Crippen molar-refractivity contribution in [3.05, 3.63) is 71.3 Å². The summed E-state index contributed by atoms with van der Waals surface area (Å²) in [5.74, 6) is -1.54. The summed E-state index contributed by atoms with van der Waals surface area (Å²) >= 11 is 0. The van der Waals surface area contributed by atoms with Crippen LogP contribution in [0.5, 0.6) is 0 Å². The number of allylic oxidation sites excluding steroid dienone is 1.